The number of urea groups is 1. The third kappa shape index (κ3) is 4.95. The highest BCUT2D eigenvalue weighted by Crippen LogP contribution is 2.21. The van der Waals surface area contributed by atoms with E-state index in [2.05, 4.69) is 41.4 Å². The standard InChI is InChI=1S/C19H31N3O2/c1-15-7-9-16(10-8-15)18(21(2)3)14-20-19(24)22-12-5-4-6-17(22)11-13-23/h7-10,17-18,23H,4-6,11-14H2,1-3H3,(H,20,24). The highest BCUT2D eigenvalue weighted by Gasteiger charge is 2.26. The van der Waals surface area contributed by atoms with Crippen LogP contribution in [0.5, 0.6) is 0 Å². The Morgan fingerprint density at radius 1 is 1.33 bits per heavy atom. The molecule has 0 radical (unpaired) electrons. The zero-order valence-corrected chi connectivity index (χ0v) is 15.2. The monoisotopic (exact) mass is 333 g/mol. The van der Waals surface area contributed by atoms with Crippen molar-refractivity contribution in [1.29, 1.82) is 0 Å². The van der Waals surface area contributed by atoms with Crippen LogP contribution < -0.4 is 5.32 Å². The van der Waals surface area contributed by atoms with Gasteiger partial charge in [0.1, 0.15) is 0 Å². The fourth-order valence-electron chi connectivity index (χ4n) is 3.39. The maximum atomic E-state index is 12.6. The number of nitrogens with zero attached hydrogens (tertiary/aromatic N) is 2. The summed E-state index contributed by atoms with van der Waals surface area (Å²) in [5, 5.41) is 12.3. The van der Waals surface area contributed by atoms with Crippen molar-refractivity contribution in [2.24, 2.45) is 0 Å². The number of likely N-dealkylation sites (N-methyl/N-ethyl adjacent to an activating group) is 1. The molecule has 5 nitrogen and oxygen atoms in total. The van der Waals surface area contributed by atoms with Crippen LogP contribution in [0.15, 0.2) is 24.3 Å². The molecule has 2 rings (SSSR count). The molecule has 1 saturated heterocycles. The molecule has 0 saturated carbocycles. The average Bonchev–Trinajstić information content (AvgIpc) is 2.57. The lowest BCUT2D eigenvalue weighted by atomic mass is 10.00. The highest BCUT2D eigenvalue weighted by atomic mass is 16.3. The summed E-state index contributed by atoms with van der Waals surface area (Å²) in [6, 6.07) is 8.78. The summed E-state index contributed by atoms with van der Waals surface area (Å²) in [6.45, 7) is 3.58. The number of amides is 2. The van der Waals surface area contributed by atoms with Gasteiger partial charge in [0.25, 0.3) is 0 Å². The Morgan fingerprint density at radius 3 is 2.67 bits per heavy atom. The Kier molecular flexibility index (Phi) is 7.06. The normalized spacial score (nSPS) is 19.4. The van der Waals surface area contributed by atoms with Crippen molar-refractivity contribution in [3.8, 4) is 0 Å². The number of hydrogen-bond donors (Lipinski definition) is 2. The van der Waals surface area contributed by atoms with Crippen LogP contribution in [0, 0.1) is 6.92 Å². The fraction of sp³-hybridized carbons (Fsp3) is 0.632. The highest BCUT2D eigenvalue weighted by molar-refractivity contribution is 5.74. The summed E-state index contributed by atoms with van der Waals surface area (Å²) in [5.74, 6) is 0. The van der Waals surface area contributed by atoms with Crippen molar-refractivity contribution in [2.45, 2.75) is 44.7 Å². The average molecular weight is 333 g/mol. The molecule has 1 fully saturated rings. The Hall–Kier alpha value is -1.59. The Morgan fingerprint density at radius 2 is 2.04 bits per heavy atom. The topological polar surface area (TPSA) is 55.8 Å². The smallest absolute Gasteiger partial charge is 0.317 e. The second-order valence-corrected chi connectivity index (χ2v) is 6.93. The molecule has 134 valence electrons. The molecule has 2 N–H and O–H groups in total. The summed E-state index contributed by atoms with van der Waals surface area (Å²) >= 11 is 0. The molecule has 1 heterocycles. The first-order valence-electron chi connectivity index (χ1n) is 8.91. The van der Waals surface area contributed by atoms with Gasteiger partial charge in [0, 0.05) is 25.7 Å². The molecule has 1 aromatic carbocycles. The van der Waals surface area contributed by atoms with Crippen LogP contribution in [0.4, 0.5) is 4.79 Å². The minimum absolute atomic E-state index is 0.00730. The van der Waals surface area contributed by atoms with E-state index in [0.29, 0.717) is 13.0 Å². The second-order valence-electron chi connectivity index (χ2n) is 6.93. The van der Waals surface area contributed by atoms with E-state index < -0.39 is 0 Å². The predicted octanol–water partition coefficient (Wildman–Crippen LogP) is 2.54. The van der Waals surface area contributed by atoms with Gasteiger partial charge in [-0.2, -0.15) is 0 Å². The molecule has 0 spiro atoms. The van der Waals surface area contributed by atoms with E-state index in [1.54, 1.807) is 0 Å². The van der Waals surface area contributed by atoms with Crippen LogP contribution in [-0.2, 0) is 0 Å². The van der Waals surface area contributed by atoms with Gasteiger partial charge in [0.15, 0.2) is 0 Å². The molecule has 24 heavy (non-hydrogen) atoms. The van der Waals surface area contributed by atoms with E-state index in [0.717, 1.165) is 25.8 Å². The molecule has 0 bridgehead atoms. The van der Waals surface area contributed by atoms with E-state index in [4.69, 9.17) is 0 Å². The van der Waals surface area contributed by atoms with Crippen molar-refractivity contribution in [3.63, 3.8) is 0 Å². The van der Waals surface area contributed by atoms with E-state index in [1.165, 1.54) is 11.1 Å². The number of piperidine rings is 1. The lowest BCUT2D eigenvalue weighted by molar-refractivity contribution is 0.130. The molecule has 2 unspecified atom stereocenters. The molecule has 0 aliphatic carbocycles. The third-order valence-corrected chi connectivity index (χ3v) is 4.88. The molecule has 1 aliphatic heterocycles. The SMILES string of the molecule is Cc1ccc(C(CNC(=O)N2CCCCC2CCO)N(C)C)cc1. The van der Waals surface area contributed by atoms with Crippen LogP contribution in [0.2, 0.25) is 0 Å². The van der Waals surface area contributed by atoms with Crippen molar-refractivity contribution >= 4 is 6.03 Å². The number of benzene rings is 1. The number of carbonyl (C=O) groups is 1. The largest absolute Gasteiger partial charge is 0.396 e. The quantitative estimate of drug-likeness (QED) is 0.841. The van der Waals surface area contributed by atoms with Gasteiger partial charge in [-0.05, 0) is 52.3 Å². The minimum Gasteiger partial charge on any atom is -0.396 e. The second kappa shape index (κ2) is 9.04. The van der Waals surface area contributed by atoms with Gasteiger partial charge in [-0.25, -0.2) is 4.79 Å². The molecule has 2 atom stereocenters. The summed E-state index contributed by atoms with van der Waals surface area (Å²) in [5.41, 5.74) is 2.44. The van der Waals surface area contributed by atoms with Crippen LogP contribution in [-0.4, -0.2) is 60.8 Å². The van der Waals surface area contributed by atoms with E-state index in [9.17, 15) is 9.90 Å². The van der Waals surface area contributed by atoms with Crippen molar-refractivity contribution < 1.29 is 9.90 Å². The number of aliphatic hydroxyl groups is 1. The first-order chi connectivity index (χ1) is 11.5. The lowest BCUT2D eigenvalue weighted by Gasteiger charge is -2.36. The Balaban J connectivity index is 1.97. The minimum atomic E-state index is -0.00730. The van der Waals surface area contributed by atoms with Crippen molar-refractivity contribution in [3.05, 3.63) is 35.4 Å². The summed E-state index contributed by atoms with van der Waals surface area (Å²) < 4.78 is 0. The number of likely N-dealkylation sites (tertiary alicyclic amines) is 1. The first kappa shape index (κ1) is 18.7. The van der Waals surface area contributed by atoms with Gasteiger partial charge < -0.3 is 20.2 Å². The van der Waals surface area contributed by atoms with Crippen LogP contribution >= 0.6 is 0 Å². The molecule has 2 amide bonds. The van der Waals surface area contributed by atoms with Gasteiger partial charge >= 0.3 is 6.03 Å². The molecular formula is C19H31N3O2. The first-order valence-corrected chi connectivity index (χ1v) is 8.91. The predicted molar refractivity (Wildman–Crippen MR) is 97.1 cm³/mol. The number of hydrogen-bond acceptors (Lipinski definition) is 3. The van der Waals surface area contributed by atoms with Crippen LogP contribution in [0.1, 0.15) is 42.9 Å². The Labute approximate surface area is 145 Å². The molecule has 1 aromatic rings. The zero-order valence-electron chi connectivity index (χ0n) is 15.2. The summed E-state index contributed by atoms with van der Waals surface area (Å²) in [4.78, 5) is 16.6. The maximum Gasteiger partial charge on any atom is 0.317 e. The van der Waals surface area contributed by atoms with E-state index in [1.807, 2.05) is 19.0 Å². The molecule has 5 heteroatoms. The van der Waals surface area contributed by atoms with Gasteiger partial charge in [-0.1, -0.05) is 29.8 Å². The number of carbonyl (C=O) groups excluding carboxylic acids is 1. The molecule has 0 aromatic heterocycles. The summed E-state index contributed by atoms with van der Waals surface area (Å²) in [6.07, 6.45) is 3.84. The van der Waals surface area contributed by atoms with Crippen molar-refractivity contribution in [2.75, 3.05) is 33.8 Å². The van der Waals surface area contributed by atoms with Gasteiger partial charge in [-0.3, -0.25) is 0 Å². The van der Waals surface area contributed by atoms with Crippen LogP contribution in [0.25, 0.3) is 0 Å². The third-order valence-electron chi connectivity index (χ3n) is 4.88. The van der Waals surface area contributed by atoms with Gasteiger partial charge in [0.2, 0.25) is 0 Å². The fourth-order valence-corrected chi connectivity index (χ4v) is 3.39. The summed E-state index contributed by atoms with van der Waals surface area (Å²) in [7, 11) is 4.07. The van der Waals surface area contributed by atoms with Crippen LogP contribution in [0.3, 0.4) is 0 Å². The number of rotatable bonds is 6. The number of aliphatic hydroxyl groups excluding tert-OH is 1. The molecule has 1 aliphatic rings. The Bertz CT molecular complexity index is 514. The molecular weight excluding hydrogens is 302 g/mol. The number of nitrogens with one attached hydrogen (secondary N) is 1. The van der Waals surface area contributed by atoms with Gasteiger partial charge in [-0.15, -0.1) is 0 Å². The maximum absolute atomic E-state index is 12.6. The van der Waals surface area contributed by atoms with E-state index in [-0.39, 0.29) is 24.7 Å². The van der Waals surface area contributed by atoms with Crippen molar-refractivity contribution in [1.82, 2.24) is 15.1 Å². The number of aryl methyl sites for hydroxylation is 1. The van der Waals surface area contributed by atoms with Gasteiger partial charge in [0.05, 0.1) is 6.04 Å². The van der Waals surface area contributed by atoms with E-state index >= 15 is 0 Å². The zero-order chi connectivity index (χ0) is 17.5. The lowest BCUT2D eigenvalue weighted by Crippen LogP contribution is -2.50.